The number of hydrogen-bond acceptors (Lipinski definition) is 5. The number of carbonyl (C=O) groups is 2. The predicted octanol–water partition coefficient (Wildman–Crippen LogP) is 2.32. The molecule has 0 aliphatic rings. The van der Waals surface area contributed by atoms with Crippen LogP contribution < -0.4 is 10.8 Å². The van der Waals surface area contributed by atoms with Gasteiger partial charge in [0.2, 0.25) is 5.78 Å². The monoisotopic (exact) mass is 479 g/mol. The summed E-state index contributed by atoms with van der Waals surface area (Å²) in [7, 11) is 1.45. The topological polar surface area (TPSA) is 92.6 Å². The van der Waals surface area contributed by atoms with Crippen LogP contribution in [0.15, 0.2) is 24.3 Å². The van der Waals surface area contributed by atoms with E-state index >= 15 is 0 Å². The minimum Gasteiger partial charge on any atom is -0.394 e. The van der Waals surface area contributed by atoms with Gasteiger partial charge in [-0.15, -0.1) is 0 Å². The smallest absolute Gasteiger partial charge is 0.278 e. The third-order valence-corrected chi connectivity index (χ3v) is 4.10. The molecule has 10 heteroatoms. The van der Waals surface area contributed by atoms with E-state index in [-0.39, 0.29) is 36.0 Å². The number of aromatic nitrogens is 1. The van der Waals surface area contributed by atoms with E-state index in [1.54, 1.807) is 6.07 Å². The zero-order chi connectivity index (χ0) is 19.3. The van der Waals surface area contributed by atoms with Gasteiger partial charge in [0.15, 0.2) is 6.67 Å². The summed E-state index contributed by atoms with van der Waals surface area (Å²) < 4.78 is 28.9. The highest BCUT2D eigenvalue weighted by atomic mass is 127. The summed E-state index contributed by atoms with van der Waals surface area (Å²) in [4.78, 5) is 28.8. The lowest BCUT2D eigenvalue weighted by Crippen LogP contribution is -2.25. The van der Waals surface area contributed by atoms with Gasteiger partial charge in [0.1, 0.15) is 11.6 Å². The van der Waals surface area contributed by atoms with Crippen molar-refractivity contribution in [2.45, 2.75) is 0 Å². The number of amides is 1. The predicted molar refractivity (Wildman–Crippen MR) is 98.6 cm³/mol. The molecule has 0 atom stereocenters. The molecular weight excluding hydrogens is 463 g/mol. The van der Waals surface area contributed by atoms with E-state index in [0.717, 1.165) is 0 Å². The van der Waals surface area contributed by atoms with Crippen molar-refractivity contribution in [3.8, 4) is 0 Å². The first-order chi connectivity index (χ1) is 12.4. The number of aliphatic hydroxyl groups excluding tert-OH is 1. The number of hydrogen-bond donors (Lipinski definition) is 3. The lowest BCUT2D eigenvalue weighted by Gasteiger charge is -2.12. The Morgan fingerprint density at radius 3 is 2.69 bits per heavy atom. The number of benzene rings is 1. The second-order valence-corrected chi connectivity index (χ2v) is 6.41. The maximum absolute atomic E-state index is 14.1. The van der Waals surface area contributed by atoms with Gasteiger partial charge in [-0.3, -0.25) is 14.4 Å². The van der Waals surface area contributed by atoms with Crippen LogP contribution in [0.1, 0.15) is 20.8 Å². The van der Waals surface area contributed by atoms with E-state index in [0.29, 0.717) is 3.57 Å². The fourth-order valence-corrected chi connectivity index (χ4v) is 2.65. The van der Waals surface area contributed by atoms with Crippen LogP contribution in [0.4, 0.5) is 20.3 Å². The maximum Gasteiger partial charge on any atom is 0.278 e. The van der Waals surface area contributed by atoms with Crippen LogP contribution in [0.2, 0.25) is 0 Å². The molecule has 7 nitrogen and oxygen atoms in total. The number of carbonyl (C=O) groups excluding carboxylic acids is 2. The average Bonchev–Trinajstić information content (AvgIpc) is 2.93. The SMILES string of the molecule is Cn1c(C(=O)CF)cc(C(=O)NOCCO)c1Nc1ccc(I)cc1F. The Morgan fingerprint density at radius 1 is 1.35 bits per heavy atom. The molecule has 0 saturated heterocycles. The molecule has 1 amide bonds. The van der Waals surface area contributed by atoms with Crippen molar-refractivity contribution in [1.29, 1.82) is 0 Å². The summed E-state index contributed by atoms with van der Waals surface area (Å²) in [5.41, 5.74) is 2.07. The van der Waals surface area contributed by atoms with Gasteiger partial charge >= 0.3 is 0 Å². The van der Waals surface area contributed by atoms with Crippen molar-refractivity contribution >= 4 is 45.8 Å². The Labute approximate surface area is 161 Å². The van der Waals surface area contributed by atoms with E-state index in [9.17, 15) is 18.4 Å². The fourth-order valence-electron chi connectivity index (χ4n) is 2.20. The van der Waals surface area contributed by atoms with Crippen LogP contribution in [0.25, 0.3) is 0 Å². The third-order valence-electron chi connectivity index (χ3n) is 3.43. The molecule has 1 aromatic heterocycles. The standard InChI is InChI=1S/C16H16F2IN3O4/c1-22-13(14(24)8-17)7-10(16(25)21-26-5-4-23)15(22)20-12-3-2-9(19)6-11(12)18/h2-3,6-7,20,23H,4-5,8H2,1H3,(H,21,25). The molecule has 0 unspecified atom stereocenters. The van der Waals surface area contributed by atoms with Gasteiger partial charge in [-0.25, -0.2) is 14.3 Å². The molecule has 140 valence electrons. The fraction of sp³-hybridized carbons (Fsp3) is 0.250. The first-order valence-electron chi connectivity index (χ1n) is 7.43. The van der Waals surface area contributed by atoms with E-state index in [4.69, 9.17) is 9.94 Å². The number of rotatable bonds is 8. The van der Waals surface area contributed by atoms with E-state index in [1.165, 1.54) is 29.8 Å². The number of aliphatic hydroxyl groups is 1. The lowest BCUT2D eigenvalue weighted by atomic mass is 10.2. The Bertz CT molecular complexity index is 826. The molecule has 0 fully saturated rings. The summed E-state index contributed by atoms with van der Waals surface area (Å²) in [6.07, 6.45) is 0. The Kier molecular flexibility index (Phi) is 7.06. The van der Waals surface area contributed by atoms with Gasteiger partial charge in [0.05, 0.1) is 30.2 Å². The minimum absolute atomic E-state index is 0.0415. The number of halogens is 3. The first kappa shape index (κ1) is 20.3. The molecule has 0 aliphatic heterocycles. The number of nitrogens with zero attached hydrogens (tertiary/aromatic N) is 1. The van der Waals surface area contributed by atoms with Gasteiger partial charge in [-0.1, -0.05) is 0 Å². The number of hydroxylamine groups is 1. The van der Waals surface area contributed by atoms with Crippen molar-refractivity contribution in [1.82, 2.24) is 10.0 Å². The highest BCUT2D eigenvalue weighted by molar-refractivity contribution is 14.1. The van der Waals surface area contributed by atoms with Gasteiger partial charge in [0, 0.05) is 10.6 Å². The number of anilines is 2. The molecule has 0 saturated carbocycles. The molecule has 2 rings (SSSR count). The number of Topliss-reactive ketones (excluding diaryl/α,β-unsaturated/α-hetero) is 1. The zero-order valence-electron chi connectivity index (χ0n) is 13.7. The summed E-state index contributed by atoms with van der Waals surface area (Å²) in [5.74, 6) is -2.03. The van der Waals surface area contributed by atoms with E-state index in [1.807, 2.05) is 22.6 Å². The van der Waals surface area contributed by atoms with Crippen molar-refractivity contribution in [3.05, 3.63) is 44.9 Å². The molecule has 1 aromatic carbocycles. The van der Waals surface area contributed by atoms with Crippen molar-refractivity contribution in [3.63, 3.8) is 0 Å². The van der Waals surface area contributed by atoms with Crippen molar-refractivity contribution in [2.24, 2.45) is 7.05 Å². The first-order valence-corrected chi connectivity index (χ1v) is 8.50. The summed E-state index contributed by atoms with van der Waals surface area (Å²) in [5, 5.41) is 11.4. The van der Waals surface area contributed by atoms with Gasteiger partial charge in [-0.05, 0) is 46.9 Å². The van der Waals surface area contributed by atoms with Gasteiger partial charge in [0.25, 0.3) is 5.91 Å². The van der Waals surface area contributed by atoms with Crippen LogP contribution in [0.5, 0.6) is 0 Å². The summed E-state index contributed by atoms with van der Waals surface area (Å²) in [6, 6.07) is 5.62. The molecule has 2 aromatic rings. The second-order valence-electron chi connectivity index (χ2n) is 5.16. The number of nitrogens with one attached hydrogen (secondary N) is 2. The summed E-state index contributed by atoms with van der Waals surface area (Å²) in [6.45, 7) is -1.68. The Hall–Kier alpha value is -2.05. The summed E-state index contributed by atoms with van der Waals surface area (Å²) >= 11 is 1.95. The highest BCUT2D eigenvalue weighted by Crippen LogP contribution is 2.27. The quantitative estimate of drug-likeness (QED) is 0.234. The molecule has 0 spiro atoms. The van der Waals surface area contributed by atoms with E-state index in [2.05, 4.69) is 10.8 Å². The largest absolute Gasteiger partial charge is 0.394 e. The van der Waals surface area contributed by atoms with E-state index < -0.39 is 24.2 Å². The van der Waals surface area contributed by atoms with Gasteiger partial charge < -0.3 is 15.0 Å². The molecule has 1 heterocycles. The average molecular weight is 479 g/mol. The molecule has 0 radical (unpaired) electrons. The van der Waals surface area contributed by atoms with Crippen molar-refractivity contribution in [2.75, 3.05) is 25.2 Å². The van der Waals surface area contributed by atoms with Crippen LogP contribution >= 0.6 is 22.6 Å². The second kappa shape index (κ2) is 9.05. The molecule has 0 bridgehead atoms. The number of ketones is 1. The Balaban J connectivity index is 2.42. The van der Waals surface area contributed by atoms with Gasteiger partial charge in [-0.2, -0.15) is 0 Å². The van der Waals surface area contributed by atoms with Crippen LogP contribution in [-0.2, 0) is 11.9 Å². The Morgan fingerprint density at radius 2 is 2.08 bits per heavy atom. The molecule has 26 heavy (non-hydrogen) atoms. The zero-order valence-corrected chi connectivity index (χ0v) is 15.8. The van der Waals surface area contributed by atoms with Crippen molar-refractivity contribution < 1.29 is 28.3 Å². The minimum atomic E-state index is -1.24. The highest BCUT2D eigenvalue weighted by Gasteiger charge is 2.23. The van der Waals surface area contributed by atoms with Crippen LogP contribution in [0, 0.1) is 9.39 Å². The van der Waals surface area contributed by atoms with Crippen LogP contribution in [-0.4, -0.2) is 41.3 Å². The normalized spacial score (nSPS) is 10.7. The molecule has 3 N–H and O–H groups in total. The molecular formula is C16H16F2IN3O4. The molecule has 0 aliphatic carbocycles. The third kappa shape index (κ3) is 4.56. The maximum atomic E-state index is 14.1. The lowest BCUT2D eigenvalue weighted by molar-refractivity contribution is 0.0169. The van der Waals surface area contributed by atoms with Crippen LogP contribution in [0.3, 0.4) is 0 Å². The number of alkyl halides is 1.